The molecule has 1 aliphatic carbocycles. The van der Waals surface area contributed by atoms with Crippen molar-refractivity contribution in [3.63, 3.8) is 0 Å². The molecule has 16 heteroatoms. The van der Waals surface area contributed by atoms with Crippen molar-refractivity contribution < 1.29 is 47.8 Å². The SMILES string of the molecule is CC[C@H](C)[C@@H]([C@@H](CC(=O)N1CCC[C@H]1[C@H](OC)[C@@H](C)C(=O)C[C@@H](Cc1ccccc1)C(=O)Nc1ccc(CNC(=O)CCCCCN2C(=O)C=CC2=O)cc1)OC)N(C)C(=O)[C@@H](CC(=O)[C@H]1N[C@@H]2CC[C@H]1C2)C(C)C. The number of hydrogen-bond acceptors (Lipinski definition) is 11. The zero-order valence-corrected chi connectivity index (χ0v) is 45.7. The van der Waals surface area contributed by atoms with E-state index in [1.807, 2.05) is 68.1 Å². The number of likely N-dealkylation sites (N-methyl/N-ethyl adjacent to an activating group) is 1. The number of imide groups is 1. The summed E-state index contributed by atoms with van der Waals surface area (Å²) in [5, 5.41) is 9.44. The lowest BCUT2D eigenvalue weighted by Crippen LogP contribution is -2.54. The predicted octanol–water partition coefficient (Wildman–Crippen LogP) is 6.84. The Morgan fingerprint density at radius 1 is 0.827 bits per heavy atom. The monoisotopic (exact) mass is 1040 g/mol. The average molecular weight is 1040 g/mol. The Morgan fingerprint density at radius 3 is 2.15 bits per heavy atom. The Hall–Kier alpha value is -5.58. The molecule has 0 aromatic heterocycles. The smallest absolute Gasteiger partial charge is 0.253 e. The van der Waals surface area contributed by atoms with Crippen LogP contribution in [0.25, 0.3) is 0 Å². The third-order valence-electron chi connectivity index (χ3n) is 16.6. The van der Waals surface area contributed by atoms with Gasteiger partial charge in [0.05, 0.1) is 36.8 Å². The molecule has 6 rings (SSSR count). The maximum atomic E-state index is 14.5. The van der Waals surface area contributed by atoms with Crippen molar-refractivity contribution in [2.45, 2.75) is 167 Å². The Bertz CT molecular complexity index is 2310. The molecule has 75 heavy (non-hydrogen) atoms. The zero-order valence-electron chi connectivity index (χ0n) is 45.7. The van der Waals surface area contributed by atoms with Crippen LogP contribution in [0.3, 0.4) is 0 Å². The number of carbonyl (C=O) groups excluding carboxylic acids is 8. The highest BCUT2D eigenvalue weighted by molar-refractivity contribution is 6.12. The molecule has 2 aromatic carbocycles. The van der Waals surface area contributed by atoms with Gasteiger partial charge < -0.3 is 35.2 Å². The van der Waals surface area contributed by atoms with Crippen LogP contribution in [0.2, 0.25) is 0 Å². The van der Waals surface area contributed by atoms with Crippen LogP contribution in [0.1, 0.15) is 129 Å². The van der Waals surface area contributed by atoms with Crippen LogP contribution in [0, 0.1) is 35.5 Å². The number of fused-ring (bicyclic) bond motifs is 2. The third kappa shape index (κ3) is 15.5. The van der Waals surface area contributed by atoms with Crippen molar-refractivity contribution in [1.82, 2.24) is 25.3 Å². The lowest BCUT2D eigenvalue weighted by Gasteiger charge is -2.41. The molecule has 0 spiro atoms. The molecule has 2 saturated heterocycles. The van der Waals surface area contributed by atoms with E-state index in [0.717, 1.165) is 43.2 Å². The number of nitrogens with one attached hydrogen (secondary N) is 3. The van der Waals surface area contributed by atoms with E-state index in [1.54, 1.807) is 38.3 Å². The largest absolute Gasteiger partial charge is 0.379 e. The van der Waals surface area contributed by atoms with Gasteiger partial charge in [-0.2, -0.15) is 0 Å². The number of piperidine rings is 1. The minimum absolute atomic E-state index is 0.0162. The normalized spacial score (nSPS) is 21.9. The Labute approximate surface area is 444 Å². The van der Waals surface area contributed by atoms with Gasteiger partial charge in [0.1, 0.15) is 5.78 Å². The van der Waals surface area contributed by atoms with Gasteiger partial charge in [0.25, 0.3) is 11.8 Å². The Balaban J connectivity index is 1.04. The molecule has 3 fully saturated rings. The topological polar surface area (TPSA) is 201 Å². The Morgan fingerprint density at radius 2 is 1.53 bits per heavy atom. The molecular weight excluding hydrogens is 953 g/mol. The molecule has 4 aliphatic rings. The van der Waals surface area contributed by atoms with Gasteiger partial charge in [-0.15, -0.1) is 0 Å². The van der Waals surface area contributed by atoms with Gasteiger partial charge in [-0.25, -0.2) is 0 Å². The summed E-state index contributed by atoms with van der Waals surface area (Å²) in [5.74, 6) is -2.96. The second-order valence-electron chi connectivity index (χ2n) is 22.0. The van der Waals surface area contributed by atoms with Gasteiger partial charge in [0.2, 0.25) is 23.6 Å². The number of anilines is 1. The van der Waals surface area contributed by atoms with E-state index < -0.39 is 42.0 Å². The average Bonchev–Trinajstić information content (AvgIpc) is 4.24. The van der Waals surface area contributed by atoms with Crippen LogP contribution in [-0.2, 0) is 60.8 Å². The molecule has 3 N–H and O–H groups in total. The minimum Gasteiger partial charge on any atom is -0.379 e. The minimum atomic E-state index is -0.712. The quantitative estimate of drug-likeness (QED) is 0.0547. The fourth-order valence-electron chi connectivity index (χ4n) is 12.0. The number of ketones is 2. The number of methoxy groups -OCH3 is 2. The van der Waals surface area contributed by atoms with Crippen LogP contribution < -0.4 is 16.0 Å². The van der Waals surface area contributed by atoms with Crippen molar-refractivity contribution >= 4 is 52.7 Å². The maximum absolute atomic E-state index is 14.5. The number of amides is 6. The summed E-state index contributed by atoms with van der Waals surface area (Å²) in [6, 6.07) is 16.1. The van der Waals surface area contributed by atoms with Crippen molar-refractivity contribution in [3.8, 4) is 0 Å². The van der Waals surface area contributed by atoms with Crippen LogP contribution in [0.5, 0.6) is 0 Å². The first-order valence-corrected chi connectivity index (χ1v) is 27.6. The van der Waals surface area contributed by atoms with Gasteiger partial charge in [0, 0.05) is 102 Å². The van der Waals surface area contributed by atoms with Crippen LogP contribution in [0.4, 0.5) is 5.69 Å². The van der Waals surface area contributed by atoms with Gasteiger partial charge in [-0.1, -0.05) is 89.9 Å². The highest BCUT2D eigenvalue weighted by Gasteiger charge is 2.46. The van der Waals surface area contributed by atoms with Crippen LogP contribution in [-0.4, -0.2) is 132 Å². The van der Waals surface area contributed by atoms with E-state index >= 15 is 0 Å². The molecular formula is C59H84N6O10. The first-order valence-electron chi connectivity index (χ1n) is 27.6. The number of ether oxygens (including phenoxy) is 2. The fraction of sp³-hybridized carbons (Fsp3) is 0.627. The highest BCUT2D eigenvalue weighted by Crippen LogP contribution is 2.37. The number of benzene rings is 2. The summed E-state index contributed by atoms with van der Waals surface area (Å²) in [7, 11) is 4.92. The highest BCUT2D eigenvalue weighted by atomic mass is 16.5. The molecule has 3 heterocycles. The van der Waals surface area contributed by atoms with Gasteiger partial charge in [-0.3, -0.25) is 43.3 Å². The van der Waals surface area contributed by atoms with Gasteiger partial charge in [-0.05, 0) is 92.4 Å². The summed E-state index contributed by atoms with van der Waals surface area (Å²) < 4.78 is 12.2. The molecule has 11 atom stereocenters. The fourth-order valence-corrected chi connectivity index (χ4v) is 12.0. The lowest BCUT2D eigenvalue weighted by molar-refractivity contribution is -0.149. The first-order chi connectivity index (χ1) is 35.9. The van der Waals surface area contributed by atoms with E-state index in [-0.39, 0.29) is 84.1 Å². The summed E-state index contributed by atoms with van der Waals surface area (Å²) >= 11 is 0. The number of likely N-dealkylation sites (tertiary alicyclic amines) is 1. The molecule has 0 unspecified atom stereocenters. The van der Waals surface area contributed by atoms with E-state index in [0.29, 0.717) is 75.8 Å². The van der Waals surface area contributed by atoms with E-state index in [2.05, 4.69) is 29.8 Å². The number of Topliss-reactive ketones (excluding diaryl/α,β-unsaturated/α-hetero) is 2. The van der Waals surface area contributed by atoms with Gasteiger partial charge in [0.15, 0.2) is 5.78 Å². The van der Waals surface area contributed by atoms with E-state index in [1.165, 1.54) is 17.1 Å². The van der Waals surface area contributed by atoms with Gasteiger partial charge >= 0.3 is 0 Å². The second kappa shape index (κ2) is 28.0. The summed E-state index contributed by atoms with van der Waals surface area (Å²) in [6.45, 7) is 11.0. The Kier molecular flexibility index (Phi) is 21.9. The molecule has 2 aromatic rings. The van der Waals surface area contributed by atoms with Crippen molar-refractivity contribution in [1.29, 1.82) is 0 Å². The van der Waals surface area contributed by atoms with E-state index in [9.17, 15) is 38.4 Å². The molecule has 1 saturated carbocycles. The second-order valence-corrected chi connectivity index (χ2v) is 22.0. The molecule has 410 valence electrons. The lowest BCUT2D eigenvalue weighted by atomic mass is 9.83. The molecule has 2 bridgehead atoms. The number of carbonyl (C=O) groups is 8. The molecule has 6 amide bonds. The van der Waals surface area contributed by atoms with Crippen LogP contribution >= 0.6 is 0 Å². The van der Waals surface area contributed by atoms with Crippen molar-refractivity contribution in [2.75, 3.05) is 39.7 Å². The molecule has 0 radical (unpaired) electrons. The van der Waals surface area contributed by atoms with Crippen molar-refractivity contribution in [2.24, 2.45) is 35.5 Å². The van der Waals surface area contributed by atoms with Crippen LogP contribution in [0.15, 0.2) is 66.7 Å². The summed E-state index contributed by atoms with van der Waals surface area (Å²) in [5.41, 5.74) is 2.30. The third-order valence-corrected chi connectivity index (χ3v) is 16.6. The number of nitrogens with zero attached hydrogens (tertiary/aromatic N) is 3. The number of hydrogen-bond donors (Lipinski definition) is 3. The number of rotatable bonds is 30. The summed E-state index contributed by atoms with van der Waals surface area (Å²) in [6.07, 6.45) is 9.25. The predicted molar refractivity (Wildman–Crippen MR) is 287 cm³/mol. The first kappa shape index (κ1) is 58.7. The summed E-state index contributed by atoms with van der Waals surface area (Å²) in [4.78, 5) is 112. The molecule has 3 aliphatic heterocycles. The van der Waals surface area contributed by atoms with Crippen molar-refractivity contribution in [3.05, 3.63) is 77.9 Å². The standard InChI is InChI=1S/C59H84N6O10/c1-9-38(4)56(63(6)59(73)46(37(2)3)34-49(67)55-42-23-26-45(32-42)61-55)50(74-7)35-54(71)64-30-16-19-47(64)57(75-8)39(5)48(66)33-43(31-40-17-12-10-13-18-40)58(72)62-44-24-21-41(22-25-44)36-60-51(68)20-14-11-15-29-65-52(69)27-28-53(65)70/h10,12-13,17-18,21-22,24-25,27-28,37-39,42-43,45-47,50,55-57,61H,9,11,14-16,19-20,23,26,29-36H2,1-8H3,(H,60,68)(H,62,72)/t38-,39-,42-,43+,45+,46-,47-,50+,55-,56-,57+/m0/s1. The maximum Gasteiger partial charge on any atom is 0.253 e. The zero-order chi connectivity index (χ0) is 54.3. The number of unbranched alkanes of at least 4 members (excludes halogenated alkanes) is 2. The molecule has 16 nitrogen and oxygen atoms in total. The van der Waals surface area contributed by atoms with E-state index in [4.69, 9.17) is 9.47 Å².